The fraction of sp³-hybridized carbons (Fsp3) is 0.923. The van der Waals surface area contributed by atoms with E-state index in [-0.39, 0.29) is 22.9 Å². The molecule has 0 rings (SSSR count). The molecule has 2 heteroatoms. The Bertz CT molecular complexity index is 218. The Labute approximate surface area is 94.8 Å². The number of hydrogen-bond donors (Lipinski definition) is 1. The quantitative estimate of drug-likeness (QED) is 0.781. The van der Waals surface area contributed by atoms with Gasteiger partial charge in [0.25, 0.3) is 0 Å². The van der Waals surface area contributed by atoms with Crippen molar-refractivity contribution in [3.8, 4) is 0 Å². The van der Waals surface area contributed by atoms with Crippen LogP contribution in [0.25, 0.3) is 0 Å². The summed E-state index contributed by atoms with van der Waals surface area (Å²) in [6.07, 6.45) is 0. The highest BCUT2D eigenvalue weighted by atomic mass is 16.1. The van der Waals surface area contributed by atoms with Crippen LogP contribution in [-0.2, 0) is 4.79 Å². The summed E-state index contributed by atoms with van der Waals surface area (Å²) in [5, 5.41) is 3.43. The second-order valence-electron chi connectivity index (χ2n) is 6.75. The third-order valence-electron chi connectivity index (χ3n) is 2.30. The van der Waals surface area contributed by atoms with E-state index in [1.165, 1.54) is 0 Å². The first-order chi connectivity index (χ1) is 6.45. The molecule has 0 amide bonds. The highest BCUT2D eigenvalue weighted by Gasteiger charge is 2.34. The normalized spacial score (nSPS) is 15.5. The molecule has 0 aromatic heterocycles. The minimum atomic E-state index is -0.0718. The standard InChI is InChI=1S/C13H27NO/c1-9(2)10(15)11(12(3,4)5)14-13(6,7)8/h9,11,14H,1-8H3/t11-/m1/s1. The molecule has 0 unspecified atom stereocenters. The third-order valence-corrected chi connectivity index (χ3v) is 2.30. The van der Waals surface area contributed by atoms with Crippen LogP contribution < -0.4 is 5.32 Å². The Hall–Kier alpha value is -0.370. The van der Waals surface area contributed by atoms with Gasteiger partial charge in [0.05, 0.1) is 6.04 Å². The largest absolute Gasteiger partial charge is 0.302 e. The molecule has 0 aliphatic rings. The van der Waals surface area contributed by atoms with E-state index in [0.717, 1.165) is 0 Å². The van der Waals surface area contributed by atoms with Gasteiger partial charge >= 0.3 is 0 Å². The van der Waals surface area contributed by atoms with Crippen molar-refractivity contribution < 1.29 is 4.79 Å². The van der Waals surface area contributed by atoms with Gasteiger partial charge in [0, 0.05) is 11.5 Å². The van der Waals surface area contributed by atoms with Gasteiger partial charge < -0.3 is 5.32 Å². The summed E-state index contributed by atoms with van der Waals surface area (Å²) in [7, 11) is 0. The molecule has 1 N–H and O–H groups in total. The minimum absolute atomic E-state index is 0.0253. The van der Waals surface area contributed by atoms with Crippen LogP contribution in [0.15, 0.2) is 0 Å². The Morgan fingerprint density at radius 3 is 1.60 bits per heavy atom. The van der Waals surface area contributed by atoms with Crippen molar-refractivity contribution in [1.29, 1.82) is 0 Å². The lowest BCUT2D eigenvalue weighted by Crippen LogP contribution is -2.55. The molecule has 0 heterocycles. The number of ketones is 1. The summed E-state index contributed by atoms with van der Waals surface area (Å²) < 4.78 is 0. The van der Waals surface area contributed by atoms with E-state index in [9.17, 15) is 4.79 Å². The zero-order chi connectivity index (χ0) is 12.4. The molecule has 0 aliphatic carbocycles. The maximum Gasteiger partial charge on any atom is 0.152 e. The first kappa shape index (κ1) is 14.6. The first-order valence-electron chi connectivity index (χ1n) is 5.76. The van der Waals surface area contributed by atoms with Crippen molar-refractivity contribution in [3.05, 3.63) is 0 Å². The third kappa shape index (κ3) is 5.31. The van der Waals surface area contributed by atoms with E-state index in [1.807, 2.05) is 13.8 Å². The van der Waals surface area contributed by atoms with Crippen LogP contribution in [0.5, 0.6) is 0 Å². The second-order valence-corrected chi connectivity index (χ2v) is 6.75. The highest BCUT2D eigenvalue weighted by Crippen LogP contribution is 2.24. The summed E-state index contributed by atoms with van der Waals surface area (Å²) in [6.45, 7) is 16.5. The van der Waals surface area contributed by atoms with Crippen LogP contribution in [0.2, 0.25) is 0 Å². The van der Waals surface area contributed by atoms with Crippen LogP contribution in [0, 0.1) is 11.3 Å². The molecule has 0 saturated heterocycles. The Kier molecular flexibility index (Phi) is 4.53. The minimum Gasteiger partial charge on any atom is -0.302 e. The van der Waals surface area contributed by atoms with Crippen molar-refractivity contribution in [2.24, 2.45) is 11.3 Å². The molecular weight excluding hydrogens is 186 g/mol. The molecule has 0 fully saturated rings. The lowest BCUT2D eigenvalue weighted by molar-refractivity contribution is -0.127. The molecule has 0 radical (unpaired) electrons. The van der Waals surface area contributed by atoms with Gasteiger partial charge in [0.15, 0.2) is 5.78 Å². The molecule has 0 aromatic rings. The van der Waals surface area contributed by atoms with E-state index in [1.54, 1.807) is 0 Å². The maximum absolute atomic E-state index is 12.1. The number of nitrogens with one attached hydrogen (secondary N) is 1. The molecule has 15 heavy (non-hydrogen) atoms. The number of Topliss-reactive ketones (excluding diaryl/α,β-unsaturated/α-hetero) is 1. The summed E-state index contributed by atoms with van der Waals surface area (Å²) >= 11 is 0. The summed E-state index contributed by atoms with van der Waals surface area (Å²) in [4.78, 5) is 12.1. The van der Waals surface area contributed by atoms with E-state index >= 15 is 0 Å². The fourth-order valence-corrected chi connectivity index (χ4v) is 1.48. The monoisotopic (exact) mass is 213 g/mol. The summed E-state index contributed by atoms with van der Waals surface area (Å²) in [5.74, 6) is 0.390. The Morgan fingerprint density at radius 1 is 1.00 bits per heavy atom. The Balaban J connectivity index is 4.84. The van der Waals surface area contributed by atoms with Crippen molar-refractivity contribution in [2.75, 3.05) is 0 Å². The maximum atomic E-state index is 12.1. The molecule has 90 valence electrons. The van der Waals surface area contributed by atoms with Crippen LogP contribution in [0.3, 0.4) is 0 Å². The van der Waals surface area contributed by atoms with Crippen molar-refractivity contribution in [2.45, 2.75) is 67.0 Å². The van der Waals surface area contributed by atoms with Crippen molar-refractivity contribution in [1.82, 2.24) is 5.32 Å². The zero-order valence-electron chi connectivity index (χ0n) is 11.6. The Morgan fingerprint density at radius 2 is 1.40 bits per heavy atom. The molecule has 0 bridgehead atoms. The zero-order valence-corrected chi connectivity index (χ0v) is 11.6. The SMILES string of the molecule is CC(C)C(=O)[C@@H](NC(C)(C)C)C(C)(C)C. The predicted octanol–water partition coefficient (Wildman–Crippen LogP) is 3.01. The van der Waals surface area contributed by atoms with Gasteiger partial charge in [0.2, 0.25) is 0 Å². The van der Waals surface area contributed by atoms with Gasteiger partial charge in [-0.2, -0.15) is 0 Å². The lowest BCUT2D eigenvalue weighted by Gasteiger charge is -2.37. The molecule has 0 aromatic carbocycles. The molecular formula is C13H27NO. The van der Waals surface area contributed by atoms with Gasteiger partial charge in [-0.1, -0.05) is 34.6 Å². The van der Waals surface area contributed by atoms with E-state index < -0.39 is 0 Å². The average Bonchev–Trinajstić information content (AvgIpc) is 1.94. The molecule has 1 atom stereocenters. The van der Waals surface area contributed by atoms with Crippen LogP contribution in [-0.4, -0.2) is 17.4 Å². The topological polar surface area (TPSA) is 29.1 Å². The van der Waals surface area contributed by atoms with Crippen LogP contribution in [0.1, 0.15) is 55.4 Å². The van der Waals surface area contributed by atoms with Crippen molar-refractivity contribution >= 4 is 5.78 Å². The van der Waals surface area contributed by atoms with Gasteiger partial charge in [-0.05, 0) is 26.2 Å². The number of rotatable bonds is 3. The number of carbonyl (C=O) groups excluding carboxylic acids is 1. The van der Waals surface area contributed by atoms with Crippen molar-refractivity contribution in [3.63, 3.8) is 0 Å². The van der Waals surface area contributed by atoms with E-state index in [2.05, 4.69) is 46.9 Å². The van der Waals surface area contributed by atoms with Gasteiger partial charge in [0.1, 0.15) is 0 Å². The predicted molar refractivity (Wildman–Crippen MR) is 66.0 cm³/mol. The molecule has 2 nitrogen and oxygen atoms in total. The summed E-state index contributed by atoms with van der Waals surface area (Å²) in [6, 6.07) is -0.0718. The number of carbonyl (C=O) groups is 1. The fourth-order valence-electron chi connectivity index (χ4n) is 1.48. The van der Waals surface area contributed by atoms with Gasteiger partial charge in [-0.25, -0.2) is 0 Å². The molecule has 0 aliphatic heterocycles. The average molecular weight is 213 g/mol. The molecule has 0 saturated carbocycles. The van der Waals surface area contributed by atoms with Crippen LogP contribution in [0.4, 0.5) is 0 Å². The summed E-state index contributed by atoms with van der Waals surface area (Å²) in [5.41, 5.74) is -0.0584. The lowest BCUT2D eigenvalue weighted by atomic mass is 9.80. The highest BCUT2D eigenvalue weighted by molar-refractivity contribution is 5.86. The van der Waals surface area contributed by atoms with Gasteiger partial charge in [-0.3, -0.25) is 4.79 Å². The first-order valence-corrected chi connectivity index (χ1v) is 5.76. The van der Waals surface area contributed by atoms with E-state index in [0.29, 0.717) is 5.78 Å². The number of hydrogen-bond acceptors (Lipinski definition) is 2. The van der Waals surface area contributed by atoms with Gasteiger partial charge in [-0.15, -0.1) is 0 Å². The molecule has 0 spiro atoms. The van der Waals surface area contributed by atoms with E-state index in [4.69, 9.17) is 0 Å². The smallest absolute Gasteiger partial charge is 0.152 e. The second kappa shape index (κ2) is 4.65. The van der Waals surface area contributed by atoms with Crippen LogP contribution >= 0.6 is 0 Å².